The van der Waals surface area contributed by atoms with Gasteiger partial charge in [0.05, 0.1) is 6.61 Å². The highest BCUT2D eigenvalue weighted by Gasteiger charge is 2.07. The van der Waals surface area contributed by atoms with Gasteiger partial charge in [-0.2, -0.15) is 0 Å². The highest BCUT2D eigenvalue weighted by Crippen LogP contribution is 2.30. The van der Waals surface area contributed by atoms with Crippen LogP contribution < -0.4 is 10.1 Å². The number of hydrogen-bond acceptors (Lipinski definition) is 3. The zero-order chi connectivity index (χ0) is 13.7. The van der Waals surface area contributed by atoms with E-state index in [-0.39, 0.29) is 5.75 Å². The third-order valence-electron chi connectivity index (χ3n) is 2.71. The lowest BCUT2D eigenvalue weighted by Gasteiger charge is -2.11. The zero-order valence-corrected chi connectivity index (χ0v) is 12.8. The number of ether oxygens (including phenoxy) is 1. The first-order chi connectivity index (χ1) is 9.20. The van der Waals surface area contributed by atoms with E-state index in [0.29, 0.717) is 18.9 Å². The highest BCUT2D eigenvalue weighted by molar-refractivity contribution is 14.1. The Balaban J connectivity index is 2.07. The lowest BCUT2D eigenvalue weighted by atomic mass is 10.2. The third-order valence-corrected chi connectivity index (χ3v) is 3.43. The Hall–Kier alpha value is -1.43. The molecule has 0 atom stereocenters. The molecule has 0 aromatic heterocycles. The van der Waals surface area contributed by atoms with Gasteiger partial charge in [0.15, 0.2) is 11.5 Å². The molecule has 0 aliphatic carbocycles. The normalized spacial score (nSPS) is 10.2. The van der Waals surface area contributed by atoms with Gasteiger partial charge in [-0.1, -0.05) is 12.1 Å². The Morgan fingerprint density at radius 3 is 2.58 bits per heavy atom. The van der Waals surface area contributed by atoms with Gasteiger partial charge in [-0.05, 0) is 59.8 Å². The second-order valence-electron chi connectivity index (χ2n) is 4.06. The van der Waals surface area contributed by atoms with Crippen LogP contribution in [0.2, 0.25) is 0 Å². The molecule has 2 aromatic carbocycles. The number of rotatable bonds is 5. The quantitative estimate of drug-likeness (QED) is 0.783. The molecule has 100 valence electrons. The molecule has 2 rings (SSSR count). The molecule has 3 nitrogen and oxygen atoms in total. The van der Waals surface area contributed by atoms with E-state index < -0.39 is 0 Å². The van der Waals surface area contributed by atoms with Crippen molar-refractivity contribution in [2.45, 2.75) is 13.5 Å². The van der Waals surface area contributed by atoms with Crippen molar-refractivity contribution in [3.63, 3.8) is 0 Å². The average molecular weight is 369 g/mol. The Bertz CT molecular complexity index is 540. The first-order valence-electron chi connectivity index (χ1n) is 6.13. The van der Waals surface area contributed by atoms with E-state index >= 15 is 0 Å². The molecular weight excluding hydrogens is 353 g/mol. The second kappa shape index (κ2) is 6.65. The van der Waals surface area contributed by atoms with E-state index in [0.717, 1.165) is 11.3 Å². The van der Waals surface area contributed by atoms with Gasteiger partial charge >= 0.3 is 0 Å². The maximum absolute atomic E-state index is 10.1. The van der Waals surface area contributed by atoms with Crippen LogP contribution in [0.25, 0.3) is 0 Å². The number of aromatic hydroxyl groups is 1. The minimum absolute atomic E-state index is 0.211. The molecule has 0 saturated carbocycles. The molecule has 19 heavy (non-hydrogen) atoms. The van der Waals surface area contributed by atoms with Crippen LogP contribution in [0.4, 0.5) is 5.69 Å². The minimum Gasteiger partial charge on any atom is -0.504 e. The van der Waals surface area contributed by atoms with Gasteiger partial charge in [0.25, 0.3) is 0 Å². The number of halogens is 1. The molecular formula is C15H16INO2. The molecule has 0 spiro atoms. The van der Waals surface area contributed by atoms with E-state index in [9.17, 15) is 5.11 Å². The summed E-state index contributed by atoms with van der Waals surface area (Å²) in [5, 5.41) is 13.4. The van der Waals surface area contributed by atoms with Crippen LogP contribution in [0, 0.1) is 3.57 Å². The maximum atomic E-state index is 10.1. The second-order valence-corrected chi connectivity index (χ2v) is 5.30. The summed E-state index contributed by atoms with van der Waals surface area (Å²) in [5.74, 6) is 0.742. The number of benzene rings is 2. The van der Waals surface area contributed by atoms with Crippen molar-refractivity contribution in [3.05, 3.63) is 51.6 Å². The first-order valence-corrected chi connectivity index (χ1v) is 7.21. The topological polar surface area (TPSA) is 41.5 Å². The Labute approximate surface area is 126 Å². The molecule has 0 amide bonds. The van der Waals surface area contributed by atoms with Crippen LogP contribution in [0.3, 0.4) is 0 Å². The molecule has 2 N–H and O–H groups in total. The van der Waals surface area contributed by atoms with E-state index in [4.69, 9.17) is 4.74 Å². The summed E-state index contributed by atoms with van der Waals surface area (Å²) in [6, 6.07) is 13.7. The van der Waals surface area contributed by atoms with Crippen molar-refractivity contribution in [2.24, 2.45) is 0 Å². The number of phenolic OH excluding ortho intramolecular Hbond substituents is 1. The van der Waals surface area contributed by atoms with Crippen molar-refractivity contribution in [1.82, 2.24) is 0 Å². The monoisotopic (exact) mass is 369 g/mol. The van der Waals surface area contributed by atoms with Crippen LogP contribution in [-0.4, -0.2) is 11.7 Å². The summed E-state index contributed by atoms with van der Waals surface area (Å²) in [6.07, 6.45) is 0. The maximum Gasteiger partial charge on any atom is 0.162 e. The third kappa shape index (κ3) is 3.76. The van der Waals surface area contributed by atoms with Gasteiger partial charge in [-0.15, -0.1) is 0 Å². The van der Waals surface area contributed by atoms with E-state index in [1.165, 1.54) is 3.57 Å². The fraction of sp³-hybridized carbons (Fsp3) is 0.200. The largest absolute Gasteiger partial charge is 0.504 e. The summed E-state index contributed by atoms with van der Waals surface area (Å²) in [7, 11) is 0. The standard InChI is InChI=1S/C15H16INO2/c1-2-19-14-5-3-4-11(15(14)18)10-17-13-8-6-12(16)7-9-13/h3-9,17-18H,2,10H2,1H3. The number of phenols is 1. The van der Waals surface area contributed by atoms with Gasteiger partial charge in [0.1, 0.15) is 0 Å². The number of anilines is 1. The predicted octanol–water partition coefficient (Wildman–Crippen LogP) is 4.01. The molecule has 0 radical (unpaired) electrons. The van der Waals surface area contributed by atoms with Gasteiger partial charge in [0.2, 0.25) is 0 Å². The fourth-order valence-corrected chi connectivity index (χ4v) is 2.11. The Morgan fingerprint density at radius 1 is 1.16 bits per heavy atom. The van der Waals surface area contributed by atoms with E-state index in [1.54, 1.807) is 6.07 Å². The Kier molecular flexibility index (Phi) is 4.90. The van der Waals surface area contributed by atoms with Gasteiger partial charge in [0, 0.05) is 21.4 Å². The number of hydrogen-bond donors (Lipinski definition) is 2. The van der Waals surface area contributed by atoms with Crippen molar-refractivity contribution in [2.75, 3.05) is 11.9 Å². The molecule has 0 bridgehead atoms. The minimum atomic E-state index is 0.211. The molecule has 2 aromatic rings. The lowest BCUT2D eigenvalue weighted by molar-refractivity contribution is 0.317. The van der Waals surface area contributed by atoms with Crippen LogP contribution >= 0.6 is 22.6 Å². The van der Waals surface area contributed by atoms with Crippen LogP contribution in [0.15, 0.2) is 42.5 Å². The summed E-state index contributed by atoms with van der Waals surface area (Å²) in [5.41, 5.74) is 1.85. The lowest BCUT2D eigenvalue weighted by Crippen LogP contribution is -2.01. The summed E-state index contributed by atoms with van der Waals surface area (Å²) in [6.45, 7) is 3.00. The summed E-state index contributed by atoms with van der Waals surface area (Å²) in [4.78, 5) is 0. The van der Waals surface area contributed by atoms with Crippen LogP contribution in [-0.2, 0) is 6.54 Å². The van der Waals surface area contributed by atoms with Crippen molar-refractivity contribution < 1.29 is 9.84 Å². The van der Waals surface area contributed by atoms with Gasteiger partial charge < -0.3 is 15.2 Å². The van der Waals surface area contributed by atoms with E-state index in [1.807, 2.05) is 43.3 Å². The zero-order valence-electron chi connectivity index (χ0n) is 10.7. The van der Waals surface area contributed by atoms with Crippen molar-refractivity contribution >= 4 is 28.3 Å². The van der Waals surface area contributed by atoms with E-state index in [2.05, 4.69) is 27.9 Å². The molecule has 0 unspecified atom stereocenters. The predicted molar refractivity (Wildman–Crippen MR) is 85.8 cm³/mol. The van der Waals surface area contributed by atoms with Gasteiger partial charge in [-0.25, -0.2) is 0 Å². The van der Waals surface area contributed by atoms with Crippen molar-refractivity contribution in [3.8, 4) is 11.5 Å². The number of para-hydroxylation sites is 1. The van der Waals surface area contributed by atoms with Crippen LogP contribution in [0.5, 0.6) is 11.5 Å². The molecule has 0 saturated heterocycles. The molecule has 0 heterocycles. The van der Waals surface area contributed by atoms with Gasteiger partial charge in [-0.3, -0.25) is 0 Å². The first kappa shape index (κ1) is 14.0. The SMILES string of the molecule is CCOc1cccc(CNc2ccc(I)cc2)c1O. The smallest absolute Gasteiger partial charge is 0.162 e. The van der Waals surface area contributed by atoms with Crippen molar-refractivity contribution in [1.29, 1.82) is 0 Å². The number of nitrogens with one attached hydrogen (secondary N) is 1. The Morgan fingerprint density at radius 2 is 1.89 bits per heavy atom. The average Bonchev–Trinajstić information content (AvgIpc) is 2.42. The molecule has 0 aliphatic heterocycles. The molecule has 0 aliphatic rings. The van der Waals surface area contributed by atoms with Crippen LogP contribution in [0.1, 0.15) is 12.5 Å². The molecule has 4 heteroatoms. The summed E-state index contributed by atoms with van der Waals surface area (Å²) >= 11 is 2.27. The summed E-state index contributed by atoms with van der Waals surface area (Å²) < 4.78 is 6.56. The highest BCUT2D eigenvalue weighted by atomic mass is 127. The fourth-order valence-electron chi connectivity index (χ4n) is 1.75. The molecule has 0 fully saturated rings.